The average Bonchev–Trinajstić information content (AvgIpc) is 2.73. The SMILES string of the molecule is Brc1cccc(Br)n1.CCC1CC(C(=O)OC)C1.CCC1CC(C(=O)c2cccc(Br)n2)C1. The second-order valence-corrected chi connectivity index (χ2v) is 10.8. The number of esters is 1. The number of Topliss-reactive ketones (excluding diaryl/α,β-unsaturated/α-hetero) is 1. The van der Waals surface area contributed by atoms with Gasteiger partial charge >= 0.3 is 5.97 Å². The van der Waals surface area contributed by atoms with Gasteiger partial charge in [0.25, 0.3) is 0 Å². The molecule has 2 aromatic heterocycles. The fraction of sp³-hybridized carbons (Fsp3) is 0.520. The maximum absolute atomic E-state index is 12.0. The van der Waals surface area contributed by atoms with Gasteiger partial charge in [0.15, 0.2) is 5.78 Å². The molecule has 0 aromatic carbocycles. The summed E-state index contributed by atoms with van der Waals surface area (Å²) in [4.78, 5) is 31.0. The molecule has 2 fully saturated rings. The zero-order valence-electron chi connectivity index (χ0n) is 19.3. The highest BCUT2D eigenvalue weighted by molar-refractivity contribution is 9.11. The van der Waals surface area contributed by atoms with E-state index in [1.54, 1.807) is 6.07 Å². The molecule has 0 aliphatic heterocycles. The van der Waals surface area contributed by atoms with Crippen LogP contribution in [0.5, 0.6) is 0 Å². The van der Waals surface area contributed by atoms with E-state index in [4.69, 9.17) is 0 Å². The highest BCUT2D eigenvalue weighted by atomic mass is 79.9. The number of carbonyl (C=O) groups is 2. The Morgan fingerprint density at radius 2 is 1.27 bits per heavy atom. The van der Waals surface area contributed by atoms with Crippen LogP contribution in [-0.2, 0) is 9.53 Å². The Kier molecular flexibility index (Phi) is 12.2. The van der Waals surface area contributed by atoms with Gasteiger partial charge in [0, 0.05) is 5.92 Å². The fourth-order valence-corrected chi connectivity index (χ4v) is 5.12. The lowest BCUT2D eigenvalue weighted by atomic mass is 9.71. The van der Waals surface area contributed by atoms with E-state index in [2.05, 4.69) is 76.3 Å². The van der Waals surface area contributed by atoms with Crippen LogP contribution in [-0.4, -0.2) is 28.8 Å². The van der Waals surface area contributed by atoms with E-state index in [9.17, 15) is 9.59 Å². The molecule has 0 saturated heterocycles. The predicted molar refractivity (Wildman–Crippen MR) is 141 cm³/mol. The van der Waals surface area contributed by atoms with Crippen molar-refractivity contribution in [3.8, 4) is 0 Å². The van der Waals surface area contributed by atoms with Crippen molar-refractivity contribution in [2.45, 2.75) is 52.4 Å². The molecule has 2 saturated carbocycles. The molecule has 4 rings (SSSR count). The van der Waals surface area contributed by atoms with Gasteiger partial charge in [0.2, 0.25) is 0 Å². The smallest absolute Gasteiger partial charge is 0.308 e. The molecule has 2 aliphatic carbocycles. The molecule has 0 unspecified atom stereocenters. The largest absolute Gasteiger partial charge is 0.469 e. The lowest BCUT2D eigenvalue weighted by Crippen LogP contribution is -2.30. The number of rotatable bonds is 5. The number of ether oxygens (including phenoxy) is 1. The van der Waals surface area contributed by atoms with E-state index in [1.807, 2.05) is 30.3 Å². The lowest BCUT2D eigenvalue weighted by molar-refractivity contribution is -0.150. The van der Waals surface area contributed by atoms with Crippen molar-refractivity contribution in [3.05, 3.63) is 55.9 Å². The Morgan fingerprint density at radius 3 is 1.67 bits per heavy atom. The maximum atomic E-state index is 12.0. The van der Waals surface area contributed by atoms with Crippen LogP contribution in [0.3, 0.4) is 0 Å². The van der Waals surface area contributed by atoms with Gasteiger partial charge in [-0.1, -0.05) is 38.8 Å². The van der Waals surface area contributed by atoms with Crippen LogP contribution in [0, 0.1) is 23.7 Å². The van der Waals surface area contributed by atoms with Gasteiger partial charge in [0.1, 0.15) is 19.5 Å². The van der Waals surface area contributed by atoms with Crippen LogP contribution in [0.15, 0.2) is 50.2 Å². The van der Waals surface area contributed by atoms with Gasteiger partial charge in [-0.05, 0) is 110 Å². The van der Waals surface area contributed by atoms with Gasteiger partial charge in [-0.3, -0.25) is 9.59 Å². The van der Waals surface area contributed by atoms with Crippen molar-refractivity contribution in [2.75, 3.05) is 7.11 Å². The Balaban J connectivity index is 0.000000186. The number of halogens is 3. The molecule has 2 heterocycles. The number of nitrogens with zero attached hydrogens (tertiary/aromatic N) is 2. The van der Waals surface area contributed by atoms with Crippen molar-refractivity contribution in [1.82, 2.24) is 9.97 Å². The molecule has 0 amide bonds. The molecule has 2 aliphatic rings. The quantitative estimate of drug-likeness (QED) is 0.190. The van der Waals surface area contributed by atoms with Crippen molar-refractivity contribution in [2.24, 2.45) is 23.7 Å². The van der Waals surface area contributed by atoms with Crippen LogP contribution in [0.4, 0.5) is 0 Å². The number of methoxy groups -OCH3 is 1. The Hall–Kier alpha value is -1.12. The zero-order chi connectivity index (χ0) is 24.4. The molecule has 0 N–H and O–H groups in total. The summed E-state index contributed by atoms with van der Waals surface area (Å²) in [5, 5.41) is 0. The molecule has 0 atom stereocenters. The summed E-state index contributed by atoms with van der Waals surface area (Å²) in [5.41, 5.74) is 0.601. The highest BCUT2D eigenvalue weighted by Crippen LogP contribution is 2.38. The molecule has 0 radical (unpaired) electrons. The van der Waals surface area contributed by atoms with Gasteiger partial charge in [-0.15, -0.1) is 0 Å². The second kappa shape index (κ2) is 14.3. The summed E-state index contributed by atoms with van der Waals surface area (Å²) >= 11 is 9.72. The highest BCUT2D eigenvalue weighted by Gasteiger charge is 2.34. The van der Waals surface area contributed by atoms with Gasteiger partial charge in [-0.25, -0.2) is 9.97 Å². The van der Waals surface area contributed by atoms with Crippen LogP contribution >= 0.6 is 47.8 Å². The number of hydrogen-bond acceptors (Lipinski definition) is 5. The maximum Gasteiger partial charge on any atom is 0.308 e. The molecule has 0 spiro atoms. The number of hydrogen-bond donors (Lipinski definition) is 0. The first-order chi connectivity index (χ1) is 15.8. The van der Waals surface area contributed by atoms with Crippen molar-refractivity contribution in [1.29, 1.82) is 0 Å². The summed E-state index contributed by atoms with van der Waals surface area (Å²) in [6.07, 6.45) is 6.57. The summed E-state index contributed by atoms with van der Waals surface area (Å²) in [6, 6.07) is 11.2. The molecule has 33 heavy (non-hydrogen) atoms. The molecule has 0 bridgehead atoms. The molecule has 5 nitrogen and oxygen atoms in total. The summed E-state index contributed by atoms with van der Waals surface area (Å²) in [5.74, 6) is 2.16. The third-order valence-corrected chi connectivity index (χ3v) is 7.51. The summed E-state index contributed by atoms with van der Waals surface area (Å²) < 4.78 is 7.05. The van der Waals surface area contributed by atoms with Crippen LogP contribution in [0.2, 0.25) is 0 Å². The first-order valence-electron chi connectivity index (χ1n) is 11.3. The van der Waals surface area contributed by atoms with E-state index in [0.29, 0.717) is 5.69 Å². The van der Waals surface area contributed by atoms with Crippen molar-refractivity contribution >= 4 is 59.5 Å². The Labute approximate surface area is 221 Å². The first kappa shape index (κ1) is 28.1. The number of ketones is 1. The van der Waals surface area contributed by atoms with Crippen LogP contribution in [0.25, 0.3) is 0 Å². The average molecular weight is 647 g/mol. The normalized spacial score (nSPS) is 22.8. The predicted octanol–water partition coefficient (Wildman–Crippen LogP) is 7.67. The van der Waals surface area contributed by atoms with Crippen molar-refractivity contribution in [3.63, 3.8) is 0 Å². The zero-order valence-corrected chi connectivity index (χ0v) is 24.0. The van der Waals surface area contributed by atoms with Crippen LogP contribution < -0.4 is 0 Å². The number of pyridine rings is 2. The minimum absolute atomic E-state index is 0.0234. The van der Waals surface area contributed by atoms with Gasteiger partial charge in [-0.2, -0.15) is 0 Å². The van der Waals surface area contributed by atoms with E-state index in [0.717, 1.165) is 51.3 Å². The fourth-order valence-electron chi connectivity index (χ4n) is 3.85. The standard InChI is InChI=1S/C12H14BrNO.C8H14O2.C5H3Br2N/c1-2-8-6-9(7-8)12(15)10-4-3-5-11(13)14-10;1-3-6-4-7(5-6)8(9)10-2;6-4-2-1-3-5(7)8-4/h3-5,8-9H,2,6-7H2,1H3;6-7H,3-5H2,1-2H3;1-3H. The van der Waals surface area contributed by atoms with Crippen LogP contribution in [0.1, 0.15) is 62.9 Å². The Morgan fingerprint density at radius 1 is 0.818 bits per heavy atom. The summed E-state index contributed by atoms with van der Waals surface area (Å²) in [6.45, 7) is 4.35. The second-order valence-electron chi connectivity index (χ2n) is 8.40. The molecular weight excluding hydrogens is 616 g/mol. The third-order valence-electron chi connectivity index (χ3n) is 6.18. The molecular formula is C25H31Br3N2O3. The summed E-state index contributed by atoms with van der Waals surface area (Å²) in [7, 11) is 1.46. The minimum atomic E-state index is -0.0234. The van der Waals surface area contributed by atoms with E-state index < -0.39 is 0 Å². The monoisotopic (exact) mass is 644 g/mol. The molecule has 2 aromatic rings. The third kappa shape index (κ3) is 9.21. The molecule has 180 valence electrons. The van der Waals surface area contributed by atoms with E-state index in [-0.39, 0.29) is 23.6 Å². The minimum Gasteiger partial charge on any atom is -0.469 e. The van der Waals surface area contributed by atoms with E-state index in [1.165, 1.54) is 20.0 Å². The van der Waals surface area contributed by atoms with Gasteiger partial charge in [0.05, 0.1) is 13.0 Å². The molecule has 8 heteroatoms. The number of carbonyl (C=O) groups excluding carboxylic acids is 2. The lowest BCUT2D eigenvalue weighted by Gasteiger charge is -2.33. The van der Waals surface area contributed by atoms with E-state index >= 15 is 0 Å². The van der Waals surface area contributed by atoms with Crippen molar-refractivity contribution < 1.29 is 14.3 Å². The Bertz CT molecular complexity index is 896. The first-order valence-corrected chi connectivity index (χ1v) is 13.7. The topological polar surface area (TPSA) is 69.2 Å². The number of aromatic nitrogens is 2. The van der Waals surface area contributed by atoms with Gasteiger partial charge < -0.3 is 4.74 Å².